The van der Waals surface area contributed by atoms with Gasteiger partial charge < -0.3 is 10.1 Å². The monoisotopic (exact) mass is 309 g/mol. The van der Waals surface area contributed by atoms with Crippen molar-refractivity contribution in [2.24, 2.45) is 0 Å². The number of halogens is 1. The minimum absolute atomic E-state index is 0.271. The first kappa shape index (κ1) is 15.2. The average Bonchev–Trinajstić information content (AvgIpc) is 2.85. The zero-order chi connectivity index (χ0) is 14.5. The fraction of sp³-hybridized carbons (Fsp3) is 0.375. The summed E-state index contributed by atoms with van der Waals surface area (Å²) in [4.78, 5) is 2.65. The Morgan fingerprint density at radius 3 is 2.70 bits per heavy atom. The molecule has 1 heterocycles. The molecule has 0 spiro atoms. The SMILES string of the molecule is CCCOc1ccc(NC(C)c2ccc(C)s2)cc1Cl. The van der Waals surface area contributed by atoms with Crippen molar-refractivity contribution in [3.8, 4) is 5.75 Å². The van der Waals surface area contributed by atoms with Gasteiger partial charge in [0, 0.05) is 15.4 Å². The van der Waals surface area contributed by atoms with Crippen LogP contribution in [0.4, 0.5) is 5.69 Å². The van der Waals surface area contributed by atoms with Crippen LogP contribution < -0.4 is 10.1 Å². The van der Waals surface area contributed by atoms with E-state index in [1.807, 2.05) is 29.5 Å². The van der Waals surface area contributed by atoms with Gasteiger partial charge in [0.15, 0.2) is 0 Å². The Kier molecular flexibility index (Phi) is 5.32. The number of nitrogens with one attached hydrogen (secondary N) is 1. The lowest BCUT2D eigenvalue weighted by Gasteiger charge is -2.15. The van der Waals surface area contributed by atoms with Crippen LogP contribution in [0.25, 0.3) is 0 Å². The molecule has 20 heavy (non-hydrogen) atoms. The van der Waals surface area contributed by atoms with E-state index < -0.39 is 0 Å². The Morgan fingerprint density at radius 1 is 1.30 bits per heavy atom. The zero-order valence-corrected chi connectivity index (χ0v) is 13.6. The van der Waals surface area contributed by atoms with Gasteiger partial charge in [-0.05, 0) is 50.6 Å². The van der Waals surface area contributed by atoms with Crippen LogP contribution in [0.3, 0.4) is 0 Å². The third-order valence-electron chi connectivity index (χ3n) is 2.96. The number of benzene rings is 1. The Morgan fingerprint density at radius 2 is 2.10 bits per heavy atom. The van der Waals surface area contributed by atoms with Crippen molar-refractivity contribution in [2.75, 3.05) is 11.9 Å². The van der Waals surface area contributed by atoms with Crippen LogP contribution >= 0.6 is 22.9 Å². The van der Waals surface area contributed by atoms with E-state index in [4.69, 9.17) is 16.3 Å². The van der Waals surface area contributed by atoms with E-state index in [0.29, 0.717) is 11.6 Å². The number of hydrogen-bond donors (Lipinski definition) is 1. The second kappa shape index (κ2) is 7.00. The second-order valence-corrected chi connectivity index (χ2v) is 6.53. The molecular weight excluding hydrogens is 290 g/mol. The molecule has 0 aliphatic carbocycles. The maximum atomic E-state index is 6.24. The molecule has 0 aliphatic rings. The molecule has 2 aromatic rings. The summed E-state index contributed by atoms with van der Waals surface area (Å²) in [5.41, 5.74) is 1.01. The van der Waals surface area contributed by atoms with Crippen LogP contribution in [0.2, 0.25) is 5.02 Å². The summed E-state index contributed by atoms with van der Waals surface area (Å²) in [5, 5.41) is 4.12. The van der Waals surface area contributed by atoms with Gasteiger partial charge >= 0.3 is 0 Å². The van der Waals surface area contributed by atoms with Crippen molar-refractivity contribution < 1.29 is 4.74 Å². The summed E-state index contributed by atoms with van der Waals surface area (Å²) < 4.78 is 5.58. The van der Waals surface area contributed by atoms with Gasteiger partial charge in [-0.25, -0.2) is 0 Å². The summed E-state index contributed by atoms with van der Waals surface area (Å²) in [6.45, 7) is 7.05. The summed E-state index contributed by atoms with van der Waals surface area (Å²) in [7, 11) is 0. The Hall–Kier alpha value is -1.19. The van der Waals surface area contributed by atoms with Crippen LogP contribution in [0.15, 0.2) is 30.3 Å². The molecular formula is C16H20ClNOS. The van der Waals surface area contributed by atoms with Gasteiger partial charge in [0.25, 0.3) is 0 Å². The smallest absolute Gasteiger partial charge is 0.138 e. The van der Waals surface area contributed by atoms with Crippen LogP contribution in [-0.4, -0.2) is 6.61 Å². The van der Waals surface area contributed by atoms with Gasteiger partial charge in [0.2, 0.25) is 0 Å². The molecule has 4 heteroatoms. The molecule has 0 fully saturated rings. The minimum Gasteiger partial charge on any atom is -0.492 e. The van der Waals surface area contributed by atoms with E-state index in [0.717, 1.165) is 17.9 Å². The minimum atomic E-state index is 0.271. The van der Waals surface area contributed by atoms with E-state index in [1.54, 1.807) is 0 Å². The molecule has 1 N–H and O–H groups in total. The molecule has 0 saturated carbocycles. The van der Waals surface area contributed by atoms with Crippen LogP contribution in [0.5, 0.6) is 5.75 Å². The zero-order valence-electron chi connectivity index (χ0n) is 12.1. The fourth-order valence-corrected chi connectivity index (χ4v) is 3.04. The van der Waals surface area contributed by atoms with E-state index in [1.165, 1.54) is 9.75 Å². The highest BCUT2D eigenvalue weighted by molar-refractivity contribution is 7.12. The molecule has 0 bridgehead atoms. The number of ether oxygens (including phenoxy) is 1. The third-order valence-corrected chi connectivity index (χ3v) is 4.44. The number of aryl methyl sites for hydroxylation is 1. The highest BCUT2D eigenvalue weighted by atomic mass is 35.5. The van der Waals surface area contributed by atoms with Crippen LogP contribution in [-0.2, 0) is 0 Å². The molecule has 1 unspecified atom stereocenters. The number of rotatable bonds is 6. The fourth-order valence-electron chi connectivity index (χ4n) is 1.93. The van der Waals surface area contributed by atoms with E-state index in [2.05, 4.69) is 38.2 Å². The van der Waals surface area contributed by atoms with Gasteiger partial charge in [-0.3, -0.25) is 0 Å². The molecule has 2 rings (SSSR count). The van der Waals surface area contributed by atoms with Gasteiger partial charge in [-0.2, -0.15) is 0 Å². The first-order chi connectivity index (χ1) is 9.60. The van der Waals surface area contributed by atoms with Crippen molar-refractivity contribution in [1.29, 1.82) is 0 Å². The van der Waals surface area contributed by atoms with Gasteiger partial charge in [0.05, 0.1) is 17.7 Å². The van der Waals surface area contributed by atoms with E-state index in [-0.39, 0.29) is 6.04 Å². The normalized spacial score (nSPS) is 12.2. The molecule has 0 saturated heterocycles. The lowest BCUT2D eigenvalue weighted by atomic mass is 10.2. The second-order valence-electron chi connectivity index (χ2n) is 4.81. The molecule has 0 radical (unpaired) electrons. The first-order valence-electron chi connectivity index (χ1n) is 6.85. The van der Waals surface area contributed by atoms with Gasteiger partial charge in [-0.15, -0.1) is 11.3 Å². The average molecular weight is 310 g/mol. The molecule has 0 aliphatic heterocycles. The Balaban J connectivity index is 2.04. The van der Waals surface area contributed by atoms with Crippen molar-refractivity contribution in [3.63, 3.8) is 0 Å². The maximum absolute atomic E-state index is 6.24. The highest BCUT2D eigenvalue weighted by Crippen LogP contribution is 2.31. The number of thiophene rings is 1. The summed E-state index contributed by atoms with van der Waals surface area (Å²) in [5.74, 6) is 0.749. The predicted octanol–water partition coefficient (Wildman–Crippen LogP) is 5.67. The molecule has 1 aromatic heterocycles. The summed E-state index contributed by atoms with van der Waals surface area (Å²) in [6.07, 6.45) is 0.977. The predicted molar refractivity (Wildman–Crippen MR) is 88.3 cm³/mol. The number of hydrogen-bond acceptors (Lipinski definition) is 3. The molecule has 1 aromatic carbocycles. The number of anilines is 1. The summed E-state index contributed by atoms with van der Waals surface area (Å²) in [6, 6.07) is 10.4. The molecule has 2 nitrogen and oxygen atoms in total. The van der Waals surface area contributed by atoms with Crippen LogP contribution in [0, 0.1) is 6.92 Å². The maximum Gasteiger partial charge on any atom is 0.138 e. The highest BCUT2D eigenvalue weighted by Gasteiger charge is 2.09. The van der Waals surface area contributed by atoms with Gasteiger partial charge in [0.1, 0.15) is 5.75 Å². The Bertz CT molecular complexity index is 567. The van der Waals surface area contributed by atoms with Gasteiger partial charge in [-0.1, -0.05) is 18.5 Å². The van der Waals surface area contributed by atoms with E-state index >= 15 is 0 Å². The quantitative estimate of drug-likeness (QED) is 0.742. The standard InChI is InChI=1S/C16H20ClNOS/c1-4-9-19-15-7-6-13(10-14(15)17)18-12(3)16-8-5-11(2)20-16/h5-8,10,12,18H,4,9H2,1-3H3. The van der Waals surface area contributed by atoms with Crippen molar-refractivity contribution in [3.05, 3.63) is 45.1 Å². The third kappa shape index (κ3) is 3.90. The van der Waals surface area contributed by atoms with E-state index in [9.17, 15) is 0 Å². The lowest BCUT2D eigenvalue weighted by Crippen LogP contribution is -2.05. The lowest BCUT2D eigenvalue weighted by molar-refractivity contribution is 0.317. The topological polar surface area (TPSA) is 21.3 Å². The van der Waals surface area contributed by atoms with Crippen LogP contribution in [0.1, 0.15) is 36.1 Å². The first-order valence-corrected chi connectivity index (χ1v) is 8.05. The molecule has 0 amide bonds. The van der Waals surface area contributed by atoms with Crippen molar-refractivity contribution in [1.82, 2.24) is 0 Å². The Labute approximate surface area is 129 Å². The van der Waals surface area contributed by atoms with Crippen molar-refractivity contribution in [2.45, 2.75) is 33.2 Å². The summed E-state index contributed by atoms with van der Waals surface area (Å²) >= 11 is 8.05. The molecule has 1 atom stereocenters. The largest absolute Gasteiger partial charge is 0.492 e. The van der Waals surface area contributed by atoms with Crippen molar-refractivity contribution >= 4 is 28.6 Å². The molecule has 108 valence electrons.